The van der Waals surface area contributed by atoms with E-state index in [1.807, 2.05) is 6.92 Å². The average molecular weight is 165 g/mol. The molecular weight excluding hydrogens is 156 g/mol. The van der Waals surface area contributed by atoms with Gasteiger partial charge in [0.05, 0.1) is 17.9 Å². The standard InChI is InChI=1S/C9H9O3/c1-5-2-8(10)6-3-12-4-7(6)9(5)11/h4-5,9,11H,2H2,1H3. The first-order valence-corrected chi connectivity index (χ1v) is 3.90. The lowest BCUT2D eigenvalue weighted by molar-refractivity contribution is 0.0754. The van der Waals surface area contributed by atoms with Crippen LogP contribution < -0.4 is 0 Å². The quantitative estimate of drug-likeness (QED) is 0.631. The normalized spacial score (nSPS) is 28.7. The summed E-state index contributed by atoms with van der Waals surface area (Å²) in [6.45, 7) is 1.85. The van der Waals surface area contributed by atoms with Crippen molar-refractivity contribution in [2.75, 3.05) is 0 Å². The van der Waals surface area contributed by atoms with E-state index < -0.39 is 6.10 Å². The van der Waals surface area contributed by atoms with Crippen molar-refractivity contribution >= 4 is 5.78 Å². The first kappa shape index (κ1) is 7.55. The fourth-order valence-electron chi connectivity index (χ4n) is 1.52. The molecule has 2 atom stereocenters. The molecule has 1 aromatic rings. The predicted molar refractivity (Wildman–Crippen MR) is 40.6 cm³/mol. The van der Waals surface area contributed by atoms with Gasteiger partial charge in [-0.2, -0.15) is 0 Å². The van der Waals surface area contributed by atoms with Crippen molar-refractivity contribution in [1.82, 2.24) is 0 Å². The molecule has 1 N–H and O–H groups in total. The van der Waals surface area contributed by atoms with Gasteiger partial charge in [-0.15, -0.1) is 0 Å². The van der Waals surface area contributed by atoms with Gasteiger partial charge in [-0.25, -0.2) is 0 Å². The third-order valence-electron chi connectivity index (χ3n) is 2.28. The summed E-state index contributed by atoms with van der Waals surface area (Å²) in [6, 6.07) is 0. The number of hydrogen-bond donors (Lipinski definition) is 1. The maximum absolute atomic E-state index is 11.3. The molecule has 1 aliphatic rings. The fraction of sp³-hybridized carbons (Fsp3) is 0.444. The number of carbonyl (C=O) groups excluding carboxylic acids is 1. The lowest BCUT2D eigenvalue weighted by Crippen LogP contribution is -2.21. The molecular formula is C9H9O3. The van der Waals surface area contributed by atoms with E-state index in [1.54, 1.807) is 0 Å². The second-order valence-corrected chi connectivity index (χ2v) is 3.22. The molecule has 0 saturated heterocycles. The van der Waals surface area contributed by atoms with Crippen LogP contribution in [0.2, 0.25) is 0 Å². The molecule has 1 heterocycles. The van der Waals surface area contributed by atoms with Crippen molar-refractivity contribution < 1.29 is 14.3 Å². The highest BCUT2D eigenvalue weighted by atomic mass is 16.3. The zero-order valence-corrected chi connectivity index (χ0v) is 6.70. The van der Waals surface area contributed by atoms with Crippen LogP contribution in [0.25, 0.3) is 0 Å². The number of furan rings is 1. The van der Waals surface area contributed by atoms with Crippen molar-refractivity contribution in [3.8, 4) is 0 Å². The lowest BCUT2D eigenvalue weighted by Gasteiger charge is -2.22. The molecule has 0 fully saturated rings. The number of hydrogen-bond acceptors (Lipinski definition) is 3. The van der Waals surface area contributed by atoms with Crippen molar-refractivity contribution in [1.29, 1.82) is 0 Å². The summed E-state index contributed by atoms with van der Waals surface area (Å²) < 4.78 is 4.75. The molecule has 0 bridgehead atoms. The lowest BCUT2D eigenvalue weighted by atomic mass is 9.84. The Balaban J connectivity index is 2.49. The van der Waals surface area contributed by atoms with Gasteiger partial charge >= 0.3 is 0 Å². The van der Waals surface area contributed by atoms with E-state index in [4.69, 9.17) is 4.42 Å². The van der Waals surface area contributed by atoms with Crippen LogP contribution in [-0.4, -0.2) is 10.9 Å². The van der Waals surface area contributed by atoms with E-state index in [0.29, 0.717) is 17.5 Å². The van der Waals surface area contributed by atoms with Crippen molar-refractivity contribution in [2.24, 2.45) is 5.92 Å². The summed E-state index contributed by atoms with van der Waals surface area (Å²) >= 11 is 0. The van der Waals surface area contributed by atoms with Gasteiger partial charge in [0.2, 0.25) is 0 Å². The second kappa shape index (κ2) is 2.45. The number of aliphatic hydroxyl groups excluding tert-OH is 1. The van der Waals surface area contributed by atoms with Gasteiger partial charge in [0.25, 0.3) is 0 Å². The molecule has 0 aliphatic heterocycles. The molecule has 0 saturated carbocycles. The molecule has 2 unspecified atom stereocenters. The Morgan fingerprint density at radius 1 is 1.75 bits per heavy atom. The molecule has 3 heteroatoms. The molecule has 3 nitrogen and oxygen atoms in total. The number of ketones is 1. The number of Topliss-reactive ketones (excluding diaryl/α,β-unsaturated/α-hetero) is 1. The minimum Gasteiger partial charge on any atom is -0.460 e. The first-order chi connectivity index (χ1) is 5.70. The van der Waals surface area contributed by atoms with E-state index >= 15 is 0 Å². The smallest absolute Gasteiger partial charge is 0.181 e. The number of aliphatic hydroxyl groups is 1. The van der Waals surface area contributed by atoms with Crippen molar-refractivity contribution in [2.45, 2.75) is 19.4 Å². The Morgan fingerprint density at radius 3 is 3.25 bits per heavy atom. The van der Waals surface area contributed by atoms with Gasteiger partial charge in [0, 0.05) is 12.0 Å². The Bertz CT molecular complexity index is 313. The summed E-state index contributed by atoms with van der Waals surface area (Å²) in [5, 5.41) is 9.60. The van der Waals surface area contributed by atoms with E-state index in [1.165, 1.54) is 6.26 Å². The Kier molecular flexibility index (Phi) is 1.54. The Labute approximate surface area is 70.0 Å². The van der Waals surface area contributed by atoms with E-state index in [9.17, 15) is 9.90 Å². The second-order valence-electron chi connectivity index (χ2n) is 3.22. The molecule has 1 radical (unpaired) electrons. The molecule has 63 valence electrons. The van der Waals surface area contributed by atoms with Crippen LogP contribution in [0.4, 0.5) is 0 Å². The molecule has 2 rings (SSSR count). The minimum atomic E-state index is -0.576. The first-order valence-electron chi connectivity index (χ1n) is 3.90. The Morgan fingerprint density at radius 2 is 2.50 bits per heavy atom. The van der Waals surface area contributed by atoms with Crippen LogP contribution in [-0.2, 0) is 0 Å². The number of rotatable bonds is 0. The summed E-state index contributed by atoms with van der Waals surface area (Å²) in [7, 11) is 0. The number of carbonyl (C=O) groups is 1. The molecule has 1 aromatic heterocycles. The highest BCUT2D eigenvalue weighted by Crippen LogP contribution is 2.33. The van der Waals surface area contributed by atoms with Gasteiger partial charge in [0.1, 0.15) is 0 Å². The van der Waals surface area contributed by atoms with Gasteiger partial charge in [-0.1, -0.05) is 6.92 Å². The highest BCUT2D eigenvalue weighted by molar-refractivity contribution is 5.98. The van der Waals surface area contributed by atoms with Crippen LogP contribution in [0.15, 0.2) is 10.7 Å². The third kappa shape index (κ3) is 0.898. The van der Waals surface area contributed by atoms with Crippen LogP contribution in [0.3, 0.4) is 0 Å². The third-order valence-corrected chi connectivity index (χ3v) is 2.28. The average Bonchev–Trinajstić information content (AvgIpc) is 2.48. The molecule has 12 heavy (non-hydrogen) atoms. The molecule has 0 spiro atoms. The van der Waals surface area contributed by atoms with Gasteiger partial charge < -0.3 is 9.52 Å². The highest BCUT2D eigenvalue weighted by Gasteiger charge is 2.31. The summed E-state index contributed by atoms with van der Waals surface area (Å²) in [4.78, 5) is 11.3. The van der Waals surface area contributed by atoms with Crippen molar-refractivity contribution in [3.05, 3.63) is 23.7 Å². The largest absolute Gasteiger partial charge is 0.460 e. The topological polar surface area (TPSA) is 50.4 Å². The molecule has 0 amide bonds. The van der Waals surface area contributed by atoms with Gasteiger partial charge in [0.15, 0.2) is 12.0 Å². The maximum atomic E-state index is 11.3. The van der Waals surface area contributed by atoms with E-state index in [2.05, 4.69) is 6.26 Å². The number of fused-ring (bicyclic) bond motifs is 1. The van der Waals surface area contributed by atoms with Crippen LogP contribution in [0.1, 0.15) is 35.4 Å². The summed E-state index contributed by atoms with van der Waals surface area (Å²) in [5.41, 5.74) is 0.999. The zero-order chi connectivity index (χ0) is 8.72. The molecule has 1 aliphatic carbocycles. The predicted octanol–water partition coefficient (Wildman–Crippen LogP) is 1.34. The summed E-state index contributed by atoms with van der Waals surface area (Å²) in [6.07, 6.45) is 3.67. The fourth-order valence-corrected chi connectivity index (χ4v) is 1.52. The van der Waals surface area contributed by atoms with Crippen LogP contribution in [0.5, 0.6) is 0 Å². The van der Waals surface area contributed by atoms with Crippen LogP contribution in [0, 0.1) is 12.2 Å². The van der Waals surface area contributed by atoms with Crippen molar-refractivity contribution in [3.63, 3.8) is 0 Å². The maximum Gasteiger partial charge on any atom is 0.181 e. The van der Waals surface area contributed by atoms with Gasteiger partial charge in [-0.05, 0) is 5.92 Å². The van der Waals surface area contributed by atoms with Gasteiger partial charge in [-0.3, -0.25) is 4.79 Å². The minimum absolute atomic E-state index is 0.0107. The molecule has 0 aromatic carbocycles. The van der Waals surface area contributed by atoms with E-state index in [0.717, 1.165) is 0 Å². The Hall–Kier alpha value is -1.09. The van der Waals surface area contributed by atoms with E-state index in [-0.39, 0.29) is 11.7 Å². The zero-order valence-electron chi connectivity index (χ0n) is 6.70. The van der Waals surface area contributed by atoms with Crippen LogP contribution >= 0.6 is 0 Å². The monoisotopic (exact) mass is 165 g/mol. The SMILES string of the molecule is CC1CC(=O)c2[c]occ2C1O. The summed E-state index contributed by atoms with van der Waals surface area (Å²) in [5.74, 6) is -0.00690.